The van der Waals surface area contributed by atoms with Crippen molar-refractivity contribution in [1.29, 1.82) is 0 Å². The summed E-state index contributed by atoms with van der Waals surface area (Å²) in [5, 5.41) is 10.9. The van der Waals surface area contributed by atoms with Gasteiger partial charge in [-0.05, 0) is 19.9 Å². The van der Waals surface area contributed by atoms with Gasteiger partial charge in [-0.1, -0.05) is 35.9 Å². The fourth-order valence-corrected chi connectivity index (χ4v) is 3.17. The van der Waals surface area contributed by atoms with Crippen LogP contribution in [0.1, 0.15) is 29.3 Å². The van der Waals surface area contributed by atoms with E-state index in [0.717, 1.165) is 5.56 Å². The smallest absolute Gasteiger partial charge is 0.312 e. The Morgan fingerprint density at radius 3 is 2.55 bits per heavy atom. The summed E-state index contributed by atoms with van der Waals surface area (Å²) in [4.78, 5) is 49.0. The Kier molecular flexibility index (Phi) is 5.72. The Bertz CT molecular complexity index is 969. The van der Waals surface area contributed by atoms with Crippen LogP contribution in [-0.4, -0.2) is 35.2 Å². The molecule has 8 heteroatoms. The van der Waals surface area contributed by atoms with Gasteiger partial charge in [0.2, 0.25) is 11.7 Å². The predicted molar refractivity (Wildman–Crippen MR) is 105 cm³/mol. The quantitative estimate of drug-likeness (QED) is 0.321. The van der Waals surface area contributed by atoms with Crippen molar-refractivity contribution in [3.63, 3.8) is 0 Å². The number of carbonyl (C=O) groups excluding carboxylic acids is 3. The molecule has 1 aliphatic heterocycles. The molecule has 150 valence electrons. The molecular weight excluding hydrogens is 376 g/mol. The molecule has 0 aromatic heterocycles. The number of rotatable bonds is 6. The molecule has 0 saturated carbocycles. The van der Waals surface area contributed by atoms with Crippen LogP contribution in [0.5, 0.6) is 0 Å². The lowest BCUT2D eigenvalue weighted by Crippen LogP contribution is -2.30. The first kappa shape index (κ1) is 20.2. The number of amides is 1. The van der Waals surface area contributed by atoms with Gasteiger partial charge in [-0.15, -0.1) is 0 Å². The summed E-state index contributed by atoms with van der Waals surface area (Å²) in [5.74, 6) is -2.03. The number of carbonyl (C=O) groups is 3. The van der Waals surface area contributed by atoms with Crippen molar-refractivity contribution in [3.05, 3.63) is 69.8 Å². The molecule has 0 N–H and O–H groups in total. The Balaban J connectivity index is 1.65. The van der Waals surface area contributed by atoms with Gasteiger partial charge in [-0.3, -0.25) is 24.5 Å². The SMILES string of the molecule is Cc1ccc(C(=O)[C@@H](C)OC(=O)[C@H]2CC(=O)N(c3cccc([N+](=O)[O-])c3)C2)cc1. The average Bonchev–Trinajstić information content (AvgIpc) is 3.10. The number of nitrogens with zero attached hydrogens (tertiary/aromatic N) is 2. The average molecular weight is 396 g/mol. The number of nitro benzene ring substituents is 1. The highest BCUT2D eigenvalue weighted by molar-refractivity contribution is 6.02. The lowest BCUT2D eigenvalue weighted by atomic mass is 10.1. The fourth-order valence-electron chi connectivity index (χ4n) is 3.17. The second-order valence-electron chi connectivity index (χ2n) is 6.99. The summed E-state index contributed by atoms with van der Waals surface area (Å²) in [6.45, 7) is 3.45. The maximum absolute atomic E-state index is 12.5. The van der Waals surface area contributed by atoms with E-state index < -0.39 is 22.9 Å². The van der Waals surface area contributed by atoms with Gasteiger partial charge in [0.05, 0.1) is 16.5 Å². The van der Waals surface area contributed by atoms with Gasteiger partial charge in [0.1, 0.15) is 0 Å². The lowest BCUT2D eigenvalue weighted by molar-refractivity contribution is -0.384. The van der Waals surface area contributed by atoms with E-state index in [1.165, 1.54) is 30.0 Å². The van der Waals surface area contributed by atoms with E-state index in [2.05, 4.69) is 0 Å². The summed E-state index contributed by atoms with van der Waals surface area (Å²) in [5.41, 5.74) is 1.66. The monoisotopic (exact) mass is 396 g/mol. The normalized spacial score (nSPS) is 17.1. The van der Waals surface area contributed by atoms with E-state index in [9.17, 15) is 24.5 Å². The van der Waals surface area contributed by atoms with Crippen LogP contribution in [0.15, 0.2) is 48.5 Å². The van der Waals surface area contributed by atoms with Crippen molar-refractivity contribution in [2.75, 3.05) is 11.4 Å². The van der Waals surface area contributed by atoms with Gasteiger partial charge in [-0.2, -0.15) is 0 Å². The Labute approximate surface area is 167 Å². The number of non-ortho nitro benzene ring substituents is 1. The largest absolute Gasteiger partial charge is 0.454 e. The summed E-state index contributed by atoms with van der Waals surface area (Å²) < 4.78 is 5.30. The molecule has 0 radical (unpaired) electrons. The molecule has 29 heavy (non-hydrogen) atoms. The van der Waals surface area contributed by atoms with E-state index in [0.29, 0.717) is 11.3 Å². The first-order chi connectivity index (χ1) is 13.8. The standard InChI is InChI=1S/C21H20N2O6/c1-13-6-8-15(9-7-13)20(25)14(2)29-21(26)16-10-19(24)22(12-16)17-4-3-5-18(11-17)23(27)28/h3-9,11,14,16H,10,12H2,1-2H3/t14-,16+/m1/s1. The molecule has 0 spiro atoms. The van der Waals surface area contributed by atoms with Crippen LogP contribution in [0, 0.1) is 23.0 Å². The molecule has 1 amide bonds. The Morgan fingerprint density at radius 1 is 1.21 bits per heavy atom. The van der Waals surface area contributed by atoms with E-state index in [4.69, 9.17) is 4.74 Å². The second kappa shape index (κ2) is 8.22. The number of Topliss-reactive ketones (excluding diaryl/α,β-unsaturated/α-hetero) is 1. The minimum Gasteiger partial charge on any atom is -0.454 e. The number of ketones is 1. The van der Waals surface area contributed by atoms with Crippen LogP contribution in [-0.2, 0) is 14.3 Å². The number of hydrogen-bond acceptors (Lipinski definition) is 6. The number of ether oxygens (including phenoxy) is 1. The van der Waals surface area contributed by atoms with Crippen LogP contribution in [0.2, 0.25) is 0 Å². The first-order valence-corrected chi connectivity index (χ1v) is 9.12. The summed E-state index contributed by atoms with van der Waals surface area (Å²) in [7, 11) is 0. The van der Waals surface area contributed by atoms with E-state index in [1.807, 2.05) is 6.92 Å². The van der Waals surface area contributed by atoms with Crippen LogP contribution < -0.4 is 4.90 Å². The zero-order valence-corrected chi connectivity index (χ0v) is 16.0. The highest BCUT2D eigenvalue weighted by atomic mass is 16.6. The number of anilines is 1. The van der Waals surface area contributed by atoms with Crippen molar-refractivity contribution < 1.29 is 24.0 Å². The van der Waals surface area contributed by atoms with Crippen LogP contribution >= 0.6 is 0 Å². The van der Waals surface area contributed by atoms with Gasteiger partial charge in [-0.25, -0.2) is 0 Å². The maximum atomic E-state index is 12.5. The molecule has 1 fully saturated rings. The van der Waals surface area contributed by atoms with E-state index in [-0.39, 0.29) is 30.3 Å². The molecule has 2 aromatic carbocycles. The third-order valence-corrected chi connectivity index (χ3v) is 4.81. The minimum atomic E-state index is -0.979. The molecule has 3 rings (SSSR count). The predicted octanol–water partition coefficient (Wildman–Crippen LogP) is 3.07. The molecule has 0 aliphatic carbocycles. The molecule has 2 aromatic rings. The van der Waals surface area contributed by atoms with Crippen LogP contribution in [0.3, 0.4) is 0 Å². The Hall–Kier alpha value is -3.55. The number of hydrogen-bond donors (Lipinski definition) is 0. The molecule has 0 bridgehead atoms. The van der Waals surface area contributed by atoms with Crippen molar-refractivity contribution in [2.24, 2.45) is 5.92 Å². The molecule has 1 saturated heterocycles. The van der Waals surface area contributed by atoms with Gasteiger partial charge in [0.15, 0.2) is 6.10 Å². The fraction of sp³-hybridized carbons (Fsp3) is 0.286. The third-order valence-electron chi connectivity index (χ3n) is 4.81. The Morgan fingerprint density at radius 2 is 1.90 bits per heavy atom. The number of benzene rings is 2. The summed E-state index contributed by atoms with van der Waals surface area (Å²) in [6.07, 6.45) is -1.06. The van der Waals surface area contributed by atoms with Gasteiger partial charge in [0.25, 0.3) is 5.69 Å². The van der Waals surface area contributed by atoms with Crippen LogP contribution in [0.25, 0.3) is 0 Å². The topological polar surface area (TPSA) is 107 Å². The van der Waals surface area contributed by atoms with Gasteiger partial charge < -0.3 is 9.64 Å². The highest BCUT2D eigenvalue weighted by Gasteiger charge is 2.37. The third kappa shape index (κ3) is 4.48. The minimum absolute atomic E-state index is 0.0459. The van der Waals surface area contributed by atoms with Crippen molar-refractivity contribution >= 4 is 29.0 Å². The molecular formula is C21H20N2O6. The molecule has 0 unspecified atom stereocenters. The number of nitro groups is 1. The van der Waals surface area contributed by atoms with Crippen molar-refractivity contribution in [1.82, 2.24) is 0 Å². The highest BCUT2D eigenvalue weighted by Crippen LogP contribution is 2.28. The van der Waals surface area contributed by atoms with E-state index in [1.54, 1.807) is 30.3 Å². The second-order valence-corrected chi connectivity index (χ2v) is 6.99. The molecule has 1 heterocycles. The molecule has 2 atom stereocenters. The van der Waals surface area contributed by atoms with Gasteiger partial charge in [0, 0.05) is 30.7 Å². The summed E-state index contributed by atoms with van der Waals surface area (Å²) >= 11 is 0. The van der Waals surface area contributed by atoms with Crippen LogP contribution in [0.4, 0.5) is 11.4 Å². The number of aryl methyl sites for hydroxylation is 1. The molecule has 8 nitrogen and oxygen atoms in total. The first-order valence-electron chi connectivity index (χ1n) is 9.12. The summed E-state index contributed by atoms with van der Waals surface area (Å²) in [6, 6.07) is 12.6. The molecule has 1 aliphatic rings. The zero-order chi connectivity index (χ0) is 21.1. The number of esters is 1. The van der Waals surface area contributed by atoms with Gasteiger partial charge >= 0.3 is 5.97 Å². The van der Waals surface area contributed by atoms with Crippen molar-refractivity contribution in [3.8, 4) is 0 Å². The lowest BCUT2D eigenvalue weighted by Gasteiger charge is -2.17. The maximum Gasteiger partial charge on any atom is 0.312 e. The zero-order valence-electron chi connectivity index (χ0n) is 16.0. The van der Waals surface area contributed by atoms with E-state index >= 15 is 0 Å². The van der Waals surface area contributed by atoms with Crippen molar-refractivity contribution in [2.45, 2.75) is 26.4 Å².